The zero-order valence-electron chi connectivity index (χ0n) is 9.91. The van der Waals surface area contributed by atoms with Crippen molar-refractivity contribution in [2.75, 3.05) is 6.61 Å². The maximum Gasteiger partial charge on any atom is 0.472 e. The van der Waals surface area contributed by atoms with E-state index < -0.39 is 51.0 Å². The van der Waals surface area contributed by atoms with Gasteiger partial charge in [0, 0.05) is 6.92 Å². The Morgan fingerprint density at radius 1 is 1.37 bits per heavy atom. The first-order valence-electron chi connectivity index (χ1n) is 5.29. The van der Waals surface area contributed by atoms with Gasteiger partial charge in [-0.3, -0.25) is 9.32 Å². The lowest BCUT2D eigenvalue weighted by Crippen LogP contribution is -2.64. The minimum absolute atomic E-state index is 0.624. The van der Waals surface area contributed by atoms with Crippen LogP contribution in [0.3, 0.4) is 0 Å². The van der Waals surface area contributed by atoms with E-state index in [0.29, 0.717) is 0 Å². The third-order valence-electron chi connectivity index (χ3n) is 2.49. The zero-order valence-corrected chi connectivity index (χ0v) is 10.8. The van der Waals surface area contributed by atoms with Crippen molar-refractivity contribution < 1.29 is 43.7 Å². The van der Waals surface area contributed by atoms with E-state index in [0.717, 1.165) is 6.92 Å². The molecule has 11 heteroatoms. The van der Waals surface area contributed by atoms with Crippen molar-refractivity contribution in [1.82, 2.24) is 5.32 Å². The number of ether oxygens (including phenoxy) is 1. The molecule has 5 atom stereocenters. The maximum atomic E-state index is 11.0. The quantitative estimate of drug-likeness (QED) is 0.297. The van der Waals surface area contributed by atoms with E-state index in [1.54, 1.807) is 0 Å². The summed E-state index contributed by atoms with van der Waals surface area (Å²) in [5, 5.41) is 30.5. The van der Waals surface area contributed by atoms with Gasteiger partial charge in [0.05, 0.1) is 6.61 Å². The molecule has 10 nitrogen and oxygen atoms in total. The highest BCUT2D eigenvalue weighted by molar-refractivity contribution is 7.46. The largest absolute Gasteiger partial charge is 0.472 e. The van der Waals surface area contributed by atoms with Gasteiger partial charge < -0.3 is 35.2 Å². The molecule has 0 spiro atoms. The molecule has 19 heavy (non-hydrogen) atoms. The molecule has 1 saturated heterocycles. The number of carbonyl (C=O) groups is 1. The molecule has 0 aliphatic carbocycles. The second-order valence-corrected chi connectivity index (χ2v) is 5.22. The van der Waals surface area contributed by atoms with Gasteiger partial charge in [-0.2, -0.15) is 0 Å². The fraction of sp³-hybridized carbons (Fsp3) is 0.875. The number of phosphoric acid groups is 1. The van der Waals surface area contributed by atoms with Crippen LogP contribution in [0.2, 0.25) is 0 Å². The van der Waals surface area contributed by atoms with Gasteiger partial charge in [-0.25, -0.2) is 4.57 Å². The highest BCUT2D eigenvalue weighted by Crippen LogP contribution is 2.40. The molecule has 0 saturated carbocycles. The first kappa shape index (κ1) is 16.5. The van der Waals surface area contributed by atoms with Crippen LogP contribution in [-0.2, 0) is 18.6 Å². The third kappa shape index (κ3) is 4.48. The van der Waals surface area contributed by atoms with E-state index in [1.165, 1.54) is 0 Å². The van der Waals surface area contributed by atoms with Gasteiger partial charge in [0.15, 0.2) is 6.29 Å². The topological polar surface area (TPSA) is 166 Å². The number of rotatable bonds is 4. The fourth-order valence-electron chi connectivity index (χ4n) is 1.70. The Balaban J connectivity index is 2.92. The summed E-state index contributed by atoms with van der Waals surface area (Å²) >= 11 is 0. The standard InChI is InChI=1S/C8H16NO9P/c1-3(11)9-5-7(13)6(12)4(2-10)17-8(5)18-19(14,15)16/h4-8,10,12-13H,2H2,1H3,(H,9,11)(H2,14,15,16)/t4-,5-,6-,7-,8?/m1/s1. The summed E-state index contributed by atoms with van der Waals surface area (Å²) in [4.78, 5) is 28.4. The average molecular weight is 301 g/mol. The number of nitrogens with one attached hydrogen (secondary N) is 1. The Labute approximate surface area is 108 Å². The molecule has 1 fully saturated rings. The number of amides is 1. The van der Waals surface area contributed by atoms with Crippen molar-refractivity contribution in [2.45, 2.75) is 37.6 Å². The molecular formula is C8H16NO9P. The predicted molar refractivity (Wildman–Crippen MR) is 58.5 cm³/mol. The summed E-state index contributed by atoms with van der Waals surface area (Å²) in [5.41, 5.74) is 0. The van der Waals surface area contributed by atoms with Gasteiger partial charge >= 0.3 is 7.82 Å². The van der Waals surface area contributed by atoms with Crippen molar-refractivity contribution in [3.8, 4) is 0 Å². The first-order valence-corrected chi connectivity index (χ1v) is 6.82. The van der Waals surface area contributed by atoms with Crippen molar-refractivity contribution >= 4 is 13.7 Å². The Morgan fingerprint density at radius 3 is 2.37 bits per heavy atom. The lowest BCUT2D eigenvalue weighted by molar-refractivity contribution is -0.248. The van der Waals surface area contributed by atoms with Crippen LogP contribution in [0.15, 0.2) is 0 Å². The summed E-state index contributed by atoms with van der Waals surface area (Å²) in [7, 11) is -4.95. The monoisotopic (exact) mass is 301 g/mol. The molecule has 6 N–H and O–H groups in total. The Morgan fingerprint density at radius 2 is 1.95 bits per heavy atom. The number of phosphoric ester groups is 1. The van der Waals surface area contributed by atoms with Crippen LogP contribution in [0.4, 0.5) is 0 Å². The zero-order chi connectivity index (χ0) is 14.8. The molecule has 1 unspecified atom stereocenters. The smallest absolute Gasteiger partial charge is 0.394 e. The molecule has 0 bridgehead atoms. The van der Waals surface area contributed by atoms with E-state index in [9.17, 15) is 19.6 Å². The summed E-state index contributed by atoms with van der Waals surface area (Å²) in [5.74, 6) is -0.624. The molecule has 1 aliphatic rings. The normalized spacial score (nSPS) is 36.0. The van der Waals surface area contributed by atoms with Crippen molar-refractivity contribution in [2.24, 2.45) is 0 Å². The Hall–Kier alpha value is -0.580. The molecule has 0 aromatic carbocycles. The molecule has 0 radical (unpaired) electrons. The highest BCUT2D eigenvalue weighted by Gasteiger charge is 2.47. The molecule has 0 aromatic rings. The van der Waals surface area contributed by atoms with Crippen molar-refractivity contribution in [3.63, 3.8) is 0 Å². The Kier molecular flexibility index (Phi) is 5.42. The van der Waals surface area contributed by atoms with Crippen LogP contribution in [-0.4, -0.2) is 68.3 Å². The summed E-state index contributed by atoms with van der Waals surface area (Å²) in [6.45, 7) is 0.401. The van der Waals surface area contributed by atoms with E-state index in [4.69, 9.17) is 19.6 Å². The number of carbonyl (C=O) groups excluding carboxylic acids is 1. The van der Waals surface area contributed by atoms with Crippen LogP contribution in [0.5, 0.6) is 0 Å². The summed E-state index contributed by atoms with van der Waals surface area (Å²) in [6, 6.07) is -1.39. The van der Waals surface area contributed by atoms with E-state index in [2.05, 4.69) is 9.84 Å². The summed E-state index contributed by atoms with van der Waals surface area (Å²) < 4.78 is 20.0. The maximum absolute atomic E-state index is 11.0. The van der Waals surface area contributed by atoms with E-state index in [-0.39, 0.29) is 0 Å². The Bertz CT molecular complexity index is 371. The SMILES string of the molecule is CC(=O)N[C@H]1C(OP(=O)(O)O)O[C@H](CO)[C@@H](O)[C@@H]1O. The second kappa shape index (κ2) is 6.25. The van der Waals surface area contributed by atoms with Crippen molar-refractivity contribution in [1.29, 1.82) is 0 Å². The van der Waals surface area contributed by atoms with E-state index >= 15 is 0 Å². The molecule has 0 aromatic heterocycles. The second-order valence-electron chi connectivity index (χ2n) is 4.03. The molecule has 1 rings (SSSR count). The minimum Gasteiger partial charge on any atom is -0.394 e. The van der Waals surface area contributed by atoms with Crippen LogP contribution >= 0.6 is 7.82 Å². The fourth-order valence-corrected chi connectivity index (χ4v) is 2.15. The van der Waals surface area contributed by atoms with Gasteiger partial charge in [0.1, 0.15) is 24.4 Å². The van der Waals surface area contributed by atoms with Crippen LogP contribution < -0.4 is 5.32 Å². The molecular weight excluding hydrogens is 285 g/mol. The van der Waals surface area contributed by atoms with Crippen molar-refractivity contribution in [3.05, 3.63) is 0 Å². The number of aliphatic hydroxyl groups is 3. The molecule has 1 aliphatic heterocycles. The van der Waals surface area contributed by atoms with E-state index in [1.807, 2.05) is 0 Å². The first-order chi connectivity index (χ1) is 8.65. The average Bonchev–Trinajstić information content (AvgIpc) is 2.26. The number of hydrogen-bond acceptors (Lipinski definition) is 7. The van der Waals surface area contributed by atoms with Gasteiger partial charge in [0.2, 0.25) is 5.91 Å². The number of aliphatic hydroxyl groups excluding tert-OH is 3. The number of hydrogen-bond donors (Lipinski definition) is 6. The molecule has 1 heterocycles. The van der Waals surface area contributed by atoms with Gasteiger partial charge in [0.25, 0.3) is 0 Å². The lowest BCUT2D eigenvalue weighted by atomic mass is 9.97. The summed E-state index contributed by atoms with van der Waals surface area (Å²) in [6.07, 6.45) is -6.17. The van der Waals surface area contributed by atoms with Crippen LogP contribution in [0.25, 0.3) is 0 Å². The highest BCUT2D eigenvalue weighted by atomic mass is 31.2. The van der Waals surface area contributed by atoms with Gasteiger partial charge in [-0.1, -0.05) is 0 Å². The van der Waals surface area contributed by atoms with Gasteiger partial charge in [-0.15, -0.1) is 0 Å². The lowest BCUT2D eigenvalue weighted by Gasteiger charge is -2.41. The van der Waals surface area contributed by atoms with Crippen LogP contribution in [0, 0.1) is 0 Å². The van der Waals surface area contributed by atoms with Gasteiger partial charge in [-0.05, 0) is 0 Å². The third-order valence-corrected chi connectivity index (χ3v) is 2.97. The minimum atomic E-state index is -4.95. The predicted octanol–water partition coefficient (Wildman–Crippen LogP) is -2.96. The van der Waals surface area contributed by atoms with Crippen LogP contribution in [0.1, 0.15) is 6.92 Å². The molecule has 1 amide bonds. The molecule has 112 valence electrons.